The van der Waals surface area contributed by atoms with E-state index in [1.807, 2.05) is 0 Å². The Balaban J connectivity index is 1.85. The molecule has 3 heterocycles. The SMILES string of the molecule is [2H]C1=C([2H])C([2H])([2H])[C@@H](c2sc3c(NCc4ccco4)nc(Cl)nc3c2C)[C@H](N)C1([2H])[2H]. The van der Waals surface area contributed by atoms with E-state index in [1.165, 1.54) is 11.3 Å². The average Bonchev–Trinajstić information content (AvgIpc) is 3.33. The molecule has 0 saturated heterocycles. The number of nitrogens with two attached hydrogens (primary N) is 1. The molecule has 0 bridgehead atoms. The first-order valence-corrected chi connectivity index (χ1v) is 8.82. The lowest BCUT2D eigenvalue weighted by molar-refractivity contribution is 0.518. The Hall–Kier alpha value is -1.89. The molecule has 0 spiro atoms. The van der Waals surface area contributed by atoms with Crippen LogP contribution in [0, 0.1) is 6.92 Å². The number of aromatic nitrogens is 2. The third-order valence-corrected chi connectivity index (χ3v) is 5.50. The highest BCUT2D eigenvalue weighted by Crippen LogP contribution is 2.42. The second kappa shape index (κ2) is 6.78. The van der Waals surface area contributed by atoms with Crippen LogP contribution in [0.3, 0.4) is 0 Å². The minimum Gasteiger partial charge on any atom is -0.467 e. The molecule has 0 radical (unpaired) electrons. The summed E-state index contributed by atoms with van der Waals surface area (Å²) >= 11 is 7.30. The Morgan fingerprint density at radius 3 is 3.12 bits per heavy atom. The van der Waals surface area contributed by atoms with Crippen molar-refractivity contribution in [2.75, 3.05) is 5.32 Å². The summed E-state index contributed by atoms with van der Waals surface area (Å²) in [7, 11) is 0. The molecule has 1 aliphatic rings. The smallest absolute Gasteiger partial charge is 0.224 e. The van der Waals surface area contributed by atoms with Gasteiger partial charge in [-0.1, -0.05) is 12.1 Å². The number of anilines is 1. The van der Waals surface area contributed by atoms with Crippen LogP contribution in [0.5, 0.6) is 0 Å². The highest BCUT2D eigenvalue weighted by Gasteiger charge is 2.26. The lowest BCUT2D eigenvalue weighted by Crippen LogP contribution is -2.29. The van der Waals surface area contributed by atoms with Gasteiger partial charge in [-0.3, -0.25) is 0 Å². The zero-order valence-electron chi connectivity index (χ0n) is 19.3. The largest absolute Gasteiger partial charge is 0.467 e. The van der Waals surface area contributed by atoms with Crippen molar-refractivity contribution >= 4 is 39.0 Å². The summed E-state index contributed by atoms with van der Waals surface area (Å²) < 4.78 is 55.3. The minimum absolute atomic E-state index is 0.00250. The van der Waals surface area contributed by atoms with E-state index >= 15 is 0 Å². The molecule has 3 N–H and O–H groups in total. The third kappa shape index (κ3) is 3.17. The molecule has 0 aromatic carbocycles. The van der Waals surface area contributed by atoms with Gasteiger partial charge in [-0.15, -0.1) is 11.3 Å². The molecule has 7 heteroatoms. The van der Waals surface area contributed by atoms with Crippen molar-refractivity contribution < 1.29 is 12.6 Å². The van der Waals surface area contributed by atoms with Crippen molar-refractivity contribution in [3.63, 3.8) is 0 Å². The van der Waals surface area contributed by atoms with Gasteiger partial charge in [0, 0.05) is 22.3 Å². The van der Waals surface area contributed by atoms with Crippen LogP contribution < -0.4 is 11.1 Å². The van der Waals surface area contributed by atoms with Gasteiger partial charge in [0.1, 0.15) is 11.6 Å². The fraction of sp³-hybridized carbons (Fsp3) is 0.333. The molecule has 0 unspecified atom stereocenters. The van der Waals surface area contributed by atoms with E-state index < -0.39 is 36.8 Å². The first-order valence-electron chi connectivity index (χ1n) is 10.6. The summed E-state index contributed by atoms with van der Waals surface area (Å²) in [5.41, 5.74) is 7.25. The normalized spacial score (nSPS) is 28.6. The summed E-state index contributed by atoms with van der Waals surface area (Å²) in [5, 5.41) is 3.15. The maximum absolute atomic E-state index is 8.48. The molecule has 130 valence electrons. The van der Waals surface area contributed by atoms with E-state index in [4.69, 9.17) is 30.0 Å². The number of rotatable bonds is 4. The van der Waals surface area contributed by atoms with Gasteiger partial charge in [0.15, 0.2) is 0 Å². The van der Waals surface area contributed by atoms with E-state index in [0.29, 0.717) is 38.8 Å². The van der Waals surface area contributed by atoms with Crippen molar-refractivity contribution in [2.45, 2.75) is 38.2 Å². The predicted octanol–water partition coefficient (Wildman–Crippen LogP) is 4.62. The molecule has 2 atom stereocenters. The van der Waals surface area contributed by atoms with E-state index in [-0.39, 0.29) is 5.28 Å². The second-order valence-corrected chi connectivity index (χ2v) is 6.98. The first kappa shape index (κ1) is 11.0. The molecular formula is C18H19ClN4OS. The molecule has 0 saturated carbocycles. The van der Waals surface area contributed by atoms with Gasteiger partial charge in [0.25, 0.3) is 0 Å². The summed E-state index contributed by atoms with van der Waals surface area (Å²) in [4.78, 5) is 8.99. The average molecular weight is 381 g/mol. The van der Waals surface area contributed by atoms with Gasteiger partial charge < -0.3 is 15.5 Å². The van der Waals surface area contributed by atoms with Gasteiger partial charge in [-0.05, 0) is 49.0 Å². The van der Waals surface area contributed by atoms with Gasteiger partial charge in [-0.25, -0.2) is 4.98 Å². The van der Waals surface area contributed by atoms with Crippen molar-refractivity contribution in [2.24, 2.45) is 5.73 Å². The highest BCUT2D eigenvalue weighted by molar-refractivity contribution is 7.20. The summed E-state index contributed by atoms with van der Waals surface area (Å²) in [6.45, 7) is 2.07. The van der Waals surface area contributed by atoms with Crippen LogP contribution in [-0.2, 0) is 6.54 Å². The maximum Gasteiger partial charge on any atom is 0.224 e. The second-order valence-electron chi connectivity index (χ2n) is 5.59. The standard InChI is InChI=1S/C18H19ClN4OS/c1-10-14-16(25-15(10)12-6-2-3-7-13(12)20)17(23-18(19)22-14)21-9-11-5-4-8-24-11/h2-5,8,12-13H,6-7,9,20H2,1H3,(H,21,22,23)/t12-,13-/m1/s1/i2D,3D,6D2,7D2. The van der Waals surface area contributed by atoms with Crippen LogP contribution in [0.2, 0.25) is 5.28 Å². The van der Waals surface area contributed by atoms with Crippen LogP contribution in [0.25, 0.3) is 10.2 Å². The molecule has 0 fully saturated rings. The molecule has 4 rings (SSSR count). The van der Waals surface area contributed by atoms with E-state index in [0.717, 1.165) is 0 Å². The molecular weight excluding hydrogens is 356 g/mol. The van der Waals surface area contributed by atoms with Crippen LogP contribution in [0.1, 0.15) is 43.1 Å². The van der Waals surface area contributed by atoms with Crippen LogP contribution in [0.15, 0.2) is 34.9 Å². The van der Waals surface area contributed by atoms with Gasteiger partial charge >= 0.3 is 0 Å². The molecule has 0 aliphatic heterocycles. The van der Waals surface area contributed by atoms with Crippen molar-refractivity contribution in [1.82, 2.24) is 9.97 Å². The number of nitrogens with zero attached hydrogens (tertiary/aromatic N) is 2. The van der Waals surface area contributed by atoms with Crippen molar-refractivity contribution in [3.05, 3.63) is 52.0 Å². The van der Waals surface area contributed by atoms with Crippen molar-refractivity contribution in [1.29, 1.82) is 0 Å². The predicted molar refractivity (Wildman–Crippen MR) is 102 cm³/mol. The van der Waals surface area contributed by atoms with Crippen LogP contribution in [0.4, 0.5) is 5.82 Å². The molecule has 0 amide bonds. The number of aryl methyl sites for hydroxylation is 1. The molecule has 5 nitrogen and oxygen atoms in total. The topological polar surface area (TPSA) is 77.0 Å². The zero-order chi connectivity index (χ0) is 22.7. The number of thiophene rings is 1. The van der Waals surface area contributed by atoms with E-state index in [1.54, 1.807) is 25.3 Å². The molecule has 3 aromatic rings. The van der Waals surface area contributed by atoms with Gasteiger partial charge in [0.05, 0.1) is 25.8 Å². The number of fused-ring (bicyclic) bond motifs is 1. The van der Waals surface area contributed by atoms with E-state index in [2.05, 4.69) is 15.3 Å². The third-order valence-electron chi connectivity index (χ3n) is 3.96. The Morgan fingerprint density at radius 2 is 2.32 bits per heavy atom. The number of nitrogens with one attached hydrogen (secondary N) is 1. The van der Waals surface area contributed by atoms with Crippen molar-refractivity contribution in [3.8, 4) is 0 Å². The molecule has 25 heavy (non-hydrogen) atoms. The first-order chi connectivity index (χ1) is 14.5. The molecule has 1 aliphatic carbocycles. The fourth-order valence-electron chi connectivity index (χ4n) is 2.71. The lowest BCUT2D eigenvalue weighted by Gasteiger charge is -2.24. The quantitative estimate of drug-likeness (QED) is 0.510. The lowest BCUT2D eigenvalue weighted by atomic mass is 9.87. The van der Waals surface area contributed by atoms with E-state index in [9.17, 15) is 0 Å². The Kier molecular flexibility index (Phi) is 2.97. The fourth-order valence-corrected chi connectivity index (χ4v) is 4.19. The number of allylic oxidation sites excluding steroid dienone is 1. The Labute approximate surface area is 163 Å². The number of hydrogen-bond acceptors (Lipinski definition) is 6. The Morgan fingerprint density at radius 1 is 1.48 bits per heavy atom. The number of halogens is 1. The summed E-state index contributed by atoms with van der Waals surface area (Å²) in [5.74, 6) is -0.0660. The zero-order valence-corrected chi connectivity index (χ0v) is 14.8. The highest BCUT2D eigenvalue weighted by atomic mass is 35.5. The van der Waals surface area contributed by atoms with Gasteiger partial charge in [-0.2, -0.15) is 4.98 Å². The van der Waals surface area contributed by atoms with Crippen LogP contribution >= 0.6 is 22.9 Å². The van der Waals surface area contributed by atoms with Crippen LogP contribution in [-0.4, -0.2) is 16.0 Å². The summed E-state index contributed by atoms with van der Waals surface area (Å²) in [6.07, 6.45) is -3.12. The maximum atomic E-state index is 8.48. The number of hydrogen-bond donors (Lipinski definition) is 2. The monoisotopic (exact) mass is 380 g/mol. The van der Waals surface area contributed by atoms with Gasteiger partial charge in [0.2, 0.25) is 5.28 Å². The number of furan rings is 1. The minimum atomic E-state index is -2.35. The summed E-state index contributed by atoms with van der Waals surface area (Å²) in [6, 6.07) is 0.764. The molecule has 3 aromatic heterocycles. The Bertz CT molecular complexity index is 1180.